The molecule has 3 fully saturated rings. The van der Waals surface area contributed by atoms with Gasteiger partial charge in [-0.05, 0) is 26.4 Å². The Balaban J connectivity index is 2.06. The molecule has 0 saturated carbocycles. The quantitative estimate of drug-likeness (QED) is 0.586. The van der Waals surface area contributed by atoms with Gasteiger partial charge in [0.2, 0.25) is 0 Å². The van der Waals surface area contributed by atoms with Gasteiger partial charge in [0.1, 0.15) is 0 Å². The van der Waals surface area contributed by atoms with Crippen molar-refractivity contribution in [1.29, 1.82) is 0 Å². The molecule has 0 radical (unpaired) electrons. The van der Waals surface area contributed by atoms with Gasteiger partial charge >= 0.3 is 0 Å². The molecule has 0 aromatic rings. The zero-order chi connectivity index (χ0) is 8.55. The lowest BCUT2D eigenvalue weighted by Crippen LogP contribution is -2.56. The van der Waals surface area contributed by atoms with Crippen LogP contribution in [0.2, 0.25) is 0 Å². The van der Waals surface area contributed by atoms with Crippen LogP contribution < -0.4 is 5.73 Å². The van der Waals surface area contributed by atoms with Crippen molar-refractivity contribution >= 4 is 0 Å². The normalized spacial score (nSPS) is 44.0. The molecule has 0 aliphatic carbocycles. The van der Waals surface area contributed by atoms with Gasteiger partial charge in [0.15, 0.2) is 0 Å². The molecule has 0 amide bonds. The standard InChI is InChI=1S/C9H19N3/c1-8(10)9-7-11-3-2-4-12(9)6-5-11/h8-9H,2-7,10H2,1H3. The summed E-state index contributed by atoms with van der Waals surface area (Å²) in [6.07, 6.45) is 1.32. The Morgan fingerprint density at radius 1 is 1.25 bits per heavy atom. The summed E-state index contributed by atoms with van der Waals surface area (Å²) in [6, 6.07) is 0.937. The van der Waals surface area contributed by atoms with Gasteiger partial charge in [-0.15, -0.1) is 0 Å². The van der Waals surface area contributed by atoms with Crippen LogP contribution in [0.5, 0.6) is 0 Å². The lowest BCUT2D eigenvalue weighted by Gasteiger charge is -2.39. The molecule has 2 N–H and O–H groups in total. The maximum Gasteiger partial charge on any atom is 0.0372 e. The number of piperazine rings is 1. The first-order valence-corrected chi connectivity index (χ1v) is 4.99. The average Bonchev–Trinajstić information content (AvgIpc) is 2.36. The predicted molar refractivity (Wildman–Crippen MR) is 50.1 cm³/mol. The molecule has 3 aliphatic heterocycles. The SMILES string of the molecule is CC(N)C1CN2CCCN1CC2. The third kappa shape index (κ3) is 1.49. The van der Waals surface area contributed by atoms with Crippen LogP contribution in [0.3, 0.4) is 0 Å². The van der Waals surface area contributed by atoms with Crippen LogP contribution in [-0.2, 0) is 0 Å². The van der Waals surface area contributed by atoms with Crippen LogP contribution in [0.1, 0.15) is 13.3 Å². The molecule has 2 bridgehead atoms. The van der Waals surface area contributed by atoms with E-state index in [1.165, 1.54) is 39.1 Å². The van der Waals surface area contributed by atoms with E-state index < -0.39 is 0 Å². The Labute approximate surface area is 74.5 Å². The highest BCUT2D eigenvalue weighted by Crippen LogP contribution is 2.16. The molecule has 12 heavy (non-hydrogen) atoms. The summed E-state index contributed by atoms with van der Waals surface area (Å²) >= 11 is 0. The van der Waals surface area contributed by atoms with Gasteiger partial charge in [0.05, 0.1) is 0 Å². The second-order valence-corrected chi connectivity index (χ2v) is 4.12. The highest BCUT2D eigenvalue weighted by molar-refractivity contribution is 4.89. The molecule has 3 heterocycles. The van der Waals surface area contributed by atoms with E-state index in [0.29, 0.717) is 12.1 Å². The Kier molecular flexibility index (Phi) is 2.35. The summed E-state index contributed by atoms with van der Waals surface area (Å²) < 4.78 is 0. The van der Waals surface area contributed by atoms with Crippen LogP contribution in [0.15, 0.2) is 0 Å². The monoisotopic (exact) mass is 169 g/mol. The maximum absolute atomic E-state index is 5.95. The molecule has 0 spiro atoms. The largest absolute Gasteiger partial charge is 0.326 e. The van der Waals surface area contributed by atoms with Crippen molar-refractivity contribution < 1.29 is 0 Å². The van der Waals surface area contributed by atoms with Crippen LogP contribution in [0.4, 0.5) is 0 Å². The molecule has 3 saturated heterocycles. The first-order valence-electron chi connectivity index (χ1n) is 4.99. The number of hydrogen-bond acceptors (Lipinski definition) is 3. The molecule has 3 aliphatic rings. The highest BCUT2D eigenvalue weighted by Gasteiger charge is 2.31. The zero-order valence-electron chi connectivity index (χ0n) is 7.87. The molecule has 4 atom stereocenters. The maximum atomic E-state index is 5.95. The fourth-order valence-corrected chi connectivity index (χ4v) is 2.38. The molecular weight excluding hydrogens is 150 g/mol. The van der Waals surface area contributed by atoms with E-state index in [1.54, 1.807) is 0 Å². The minimum Gasteiger partial charge on any atom is -0.326 e. The average molecular weight is 169 g/mol. The summed E-state index contributed by atoms with van der Waals surface area (Å²) in [5.74, 6) is 0. The van der Waals surface area contributed by atoms with Crippen LogP contribution >= 0.6 is 0 Å². The van der Waals surface area contributed by atoms with Crippen LogP contribution in [0.25, 0.3) is 0 Å². The number of fused-ring (bicyclic) bond motifs is 4. The summed E-state index contributed by atoms with van der Waals surface area (Å²) in [4.78, 5) is 5.12. The van der Waals surface area contributed by atoms with E-state index >= 15 is 0 Å². The molecule has 3 heteroatoms. The van der Waals surface area contributed by atoms with E-state index in [4.69, 9.17) is 5.73 Å². The number of nitrogens with two attached hydrogens (primary N) is 1. The van der Waals surface area contributed by atoms with Gasteiger partial charge in [-0.1, -0.05) is 0 Å². The molecule has 3 rings (SSSR count). The summed E-state index contributed by atoms with van der Waals surface area (Å²) in [6.45, 7) is 8.34. The van der Waals surface area contributed by atoms with Gasteiger partial charge in [0, 0.05) is 31.7 Å². The van der Waals surface area contributed by atoms with Crippen molar-refractivity contribution in [2.75, 3.05) is 32.7 Å². The number of rotatable bonds is 1. The lowest BCUT2D eigenvalue weighted by molar-refractivity contribution is 0.100. The molecule has 0 aromatic carbocycles. The molecule has 0 aromatic heterocycles. The summed E-state index contributed by atoms with van der Waals surface area (Å²) in [5.41, 5.74) is 5.95. The van der Waals surface area contributed by atoms with Crippen LogP contribution in [0, 0.1) is 0 Å². The number of hydrogen-bond donors (Lipinski definition) is 1. The minimum absolute atomic E-state index is 0.325. The van der Waals surface area contributed by atoms with Crippen molar-refractivity contribution in [2.24, 2.45) is 5.73 Å². The summed E-state index contributed by atoms with van der Waals surface area (Å²) in [7, 11) is 0. The smallest absolute Gasteiger partial charge is 0.0372 e. The Morgan fingerprint density at radius 2 is 2.08 bits per heavy atom. The Hall–Kier alpha value is -0.120. The highest BCUT2D eigenvalue weighted by atomic mass is 15.3. The first kappa shape index (κ1) is 8.48. The van der Waals surface area contributed by atoms with Crippen molar-refractivity contribution in [3.63, 3.8) is 0 Å². The molecule has 3 nitrogen and oxygen atoms in total. The van der Waals surface area contributed by atoms with Crippen molar-refractivity contribution in [3.05, 3.63) is 0 Å². The van der Waals surface area contributed by atoms with Gasteiger partial charge in [-0.2, -0.15) is 0 Å². The van der Waals surface area contributed by atoms with E-state index in [2.05, 4.69) is 16.7 Å². The molecule has 70 valence electrons. The second-order valence-electron chi connectivity index (χ2n) is 4.12. The van der Waals surface area contributed by atoms with E-state index in [-0.39, 0.29) is 0 Å². The van der Waals surface area contributed by atoms with Crippen molar-refractivity contribution in [2.45, 2.75) is 25.4 Å². The predicted octanol–water partition coefficient (Wildman–Crippen LogP) is -0.276. The summed E-state index contributed by atoms with van der Waals surface area (Å²) in [5, 5.41) is 0. The van der Waals surface area contributed by atoms with Gasteiger partial charge in [-0.25, -0.2) is 0 Å². The third-order valence-corrected chi connectivity index (χ3v) is 3.14. The first-order chi connectivity index (χ1) is 5.77. The van der Waals surface area contributed by atoms with Gasteiger partial charge in [-0.3, -0.25) is 4.90 Å². The zero-order valence-corrected chi connectivity index (χ0v) is 7.87. The lowest BCUT2D eigenvalue weighted by atomic mass is 10.1. The molecular formula is C9H19N3. The molecule has 4 unspecified atom stereocenters. The topological polar surface area (TPSA) is 32.5 Å². The second kappa shape index (κ2) is 3.32. The van der Waals surface area contributed by atoms with E-state index in [0.717, 1.165) is 0 Å². The van der Waals surface area contributed by atoms with E-state index in [9.17, 15) is 0 Å². The Morgan fingerprint density at radius 3 is 2.83 bits per heavy atom. The van der Waals surface area contributed by atoms with Crippen LogP contribution in [-0.4, -0.2) is 54.6 Å². The fraction of sp³-hybridized carbons (Fsp3) is 1.00. The third-order valence-electron chi connectivity index (χ3n) is 3.14. The van der Waals surface area contributed by atoms with Crippen molar-refractivity contribution in [3.8, 4) is 0 Å². The minimum atomic E-state index is 0.325. The Bertz CT molecular complexity index is 154. The fourth-order valence-electron chi connectivity index (χ4n) is 2.38. The van der Waals surface area contributed by atoms with Gasteiger partial charge < -0.3 is 10.6 Å². The van der Waals surface area contributed by atoms with Gasteiger partial charge in [0.25, 0.3) is 0 Å². The number of nitrogens with zero attached hydrogens (tertiary/aromatic N) is 2. The van der Waals surface area contributed by atoms with Crippen molar-refractivity contribution in [1.82, 2.24) is 9.80 Å². The van der Waals surface area contributed by atoms with E-state index in [1.807, 2.05) is 0 Å².